The molecule has 2 aromatic rings. The SMILES string of the molecule is CCN(CC1CCNCC1)C(C)c1nc2ccccc2s1. The fraction of sp³-hybridized carbons (Fsp3) is 0.588. The molecule has 4 heteroatoms. The molecule has 1 atom stereocenters. The van der Waals surface area contributed by atoms with Crippen molar-refractivity contribution in [1.29, 1.82) is 0 Å². The number of para-hydroxylation sites is 1. The van der Waals surface area contributed by atoms with Crippen molar-refractivity contribution in [1.82, 2.24) is 15.2 Å². The van der Waals surface area contributed by atoms with Crippen LogP contribution < -0.4 is 5.32 Å². The Morgan fingerprint density at radius 3 is 2.81 bits per heavy atom. The van der Waals surface area contributed by atoms with E-state index in [-0.39, 0.29) is 0 Å². The van der Waals surface area contributed by atoms with Crippen molar-refractivity contribution in [3.05, 3.63) is 29.3 Å². The maximum absolute atomic E-state index is 4.84. The largest absolute Gasteiger partial charge is 0.317 e. The van der Waals surface area contributed by atoms with Gasteiger partial charge in [0, 0.05) is 6.54 Å². The molecule has 3 nitrogen and oxygen atoms in total. The molecule has 1 aromatic carbocycles. The predicted molar refractivity (Wildman–Crippen MR) is 90.9 cm³/mol. The number of hydrogen-bond donors (Lipinski definition) is 1. The molecule has 0 saturated carbocycles. The molecule has 1 N–H and O–H groups in total. The van der Waals surface area contributed by atoms with E-state index in [2.05, 4.69) is 48.3 Å². The molecule has 114 valence electrons. The van der Waals surface area contributed by atoms with Gasteiger partial charge in [-0.2, -0.15) is 0 Å². The fourth-order valence-corrected chi connectivity index (χ4v) is 4.24. The first-order valence-corrected chi connectivity index (χ1v) is 8.89. The smallest absolute Gasteiger partial charge is 0.111 e. The Balaban J connectivity index is 1.72. The van der Waals surface area contributed by atoms with Crippen LogP contribution in [0.5, 0.6) is 0 Å². The van der Waals surface area contributed by atoms with Crippen LogP contribution in [0.1, 0.15) is 37.7 Å². The molecular weight excluding hydrogens is 278 g/mol. The summed E-state index contributed by atoms with van der Waals surface area (Å²) in [7, 11) is 0. The number of nitrogens with zero attached hydrogens (tertiary/aromatic N) is 2. The van der Waals surface area contributed by atoms with Crippen LogP contribution in [-0.4, -0.2) is 36.1 Å². The van der Waals surface area contributed by atoms with Gasteiger partial charge >= 0.3 is 0 Å². The molecule has 1 aliphatic heterocycles. The molecule has 0 spiro atoms. The third kappa shape index (κ3) is 3.44. The highest BCUT2D eigenvalue weighted by Gasteiger charge is 2.22. The van der Waals surface area contributed by atoms with Gasteiger partial charge in [-0.25, -0.2) is 4.98 Å². The minimum Gasteiger partial charge on any atom is -0.317 e. The van der Waals surface area contributed by atoms with Crippen LogP contribution in [0.4, 0.5) is 0 Å². The van der Waals surface area contributed by atoms with E-state index in [1.165, 1.54) is 42.2 Å². The van der Waals surface area contributed by atoms with Gasteiger partial charge in [0.2, 0.25) is 0 Å². The Morgan fingerprint density at radius 2 is 2.10 bits per heavy atom. The quantitative estimate of drug-likeness (QED) is 0.913. The van der Waals surface area contributed by atoms with Gasteiger partial charge in [0.25, 0.3) is 0 Å². The van der Waals surface area contributed by atoms with Crippen LogP contribution in [0.25, 0.3) is 10.2 Å². The zero-order valence-corrected chi connectivity index (χ0v) is 13.8. The molecule has 1 saturated heterocycles. The van der Waals surface area contributed by atoms with E-state index in [4.69, 9.17) is 4.98 Å². The number of nitrogens with one attached hydrogen (secondary N) is 1. The van der Waals surface area contributed by atoms with E-state index < -0.39 is 0 Å². The first kappa shape index (κ1) is 14.9. The zero-order valence-electron chi connectivity index (χ0n) is 13.0. The van der Waals surface area contributed by atoms with E-state index in [9.17, 15) is 0 Å². The second kappa shape index (κ2) is 6.86. The highest BCUT2D eigenvalue weighted by molar-refractivity contribution is 7.18. The molecule has 1 fully saturated rings. The molecule has 1 aliphatic rings. The summed E-state index contributed by atoms with van der Waals surface area (Å²) in [6.45, 7) is 9.24. The lowest BCUT2D eigenvalue weighted by atomic mass is 9.97. The molecular formula is C17H25N3S. The standard InChI is InChI=1S/C17H25N3S/c1-3-20(12-14-8-10-18-11-9-14)13(2)17-19-15-6-4-5-7-16(15)21-17/h4-7,13-14,18H,3,8-12H2,1-2H3. The summed E-state index contributed by atoms with van der Waals surface area (Å²) in [5.74, 6) is 0.836. The number of piperidine rings is 1. The normalized spacial score (nSPS) is 18.4. The summed E-state index contributed by atoms with van der Waals surface area (Å²) < 4.78 is 1.30. The predicted octanol–water partition coefficient (Wildman–Crippen LogP) is 3.68. The molecule has 0 amide bonds. The number of hydrogen-bond acceptors (Lipinski definition) is 4. The molecule has 2 heterocycles. The minimum atomic E-state index is 0.419. The van der Waals surface area contributed by atoms with Crippen molar-refractivity contribution in [2.75, 3.05) is 26.2 Å². The summed E-state index contributed by atoms with van der Waals surface area (Å²) in [6.07, 6.45) is 2.62. The van der Waals surface area contributed by atoms with Gasteiger partial charge in [-0.1, -0.05) is 19.1 Å². The van der Waals surface area contributed by atoms with E-state index in [0.717, 1.165) is 18.0 Å². The topological polar surface area (TPSA) is 28.2 Å². The van der Waals surface area contributed by atoms with Gasteiger partial charge in [0.15, 0.2) is 0 Å². The minimum absolute atomic E-state index is 0.419. The molecule has 3 rings (SSSR count). The highest BCUT2D eigenvalue weighted by Crippen LogP contribution is 2.30. The van der Waals surface area contributed by atoms with Crippen molar-refractivity contribution >= 4 is 21.6 Å². The molecule has 1 aromatic heterocycles. The van der Waals surface area contributed by atoms with Crippen molar-refractivity contribution < 1.29 is 0 Å². The van der Waals surface area contributed by atoms with Crippen LogP contribution in [0.3, 0.4) is 0 Å². The molecule has 0 bridgehead atoms. The zero-order chi connectivity index (χ0) is 14.7. The highest BCUT2D eigenvalue weighted by atomic mass is 32.1. The Hall–Kier alpha value is -0.970. The molecule has 0 radical (unpaired) electrons. The number of fused-ring (bicyclic) bond motifs is 1. The van der Waals surface area contributed by atoms with Crippen LogP contribution in [0.2, 0.25) is 0 Å². The first-order chi connectivity index (χ1) is 10.3. The van der Waals surface area contributed by atoms with Crippen LogP contribution in [0.15, 0.2) is 24.3 Å². The second-order valence-corrected chi connectivity index (χ2v) is 7.04. The van der Waals surface area contributed by atoms with E-state index >= 15 is 0 Å². The lowest BCUT2D eigenvalue weighted by Crippen LogP contribution is -2.37. The molecule has 1 unspecified atom stereocenters. The van der Waals surface area contributed by atoms with Gasteiger partial charge in [-0.3, -0.25) is 4.90 Å². The summed E-state index contributed by atoms with van der Waals surface area (Å²) in [6, 6.07) is 8.88. The van der Waals surface area contributed by atoms with Crippen LogP contribution >= 0.6 is 11.3 Å². The Kier molecular flexibility index (Phi) is 4.88. The first-order valence-electron chi connectivity index (χ1n) is 8.08. The molecule has 0 aliphatic carbocycles. The number of rotatable bonds is 5. The van der Waals surface area contributed by atoms with E-state index in [1.54, 1.807) is 0 Å². The Bertz CT molecular complexity index is 541. The fourth-order valence-electron chi connectivity index (χ4n) is 3.18. The molecule has 21 heavy (non-hydrogen) atoms. The van der Waals surface area contributed by atoms with E-state index in [1.807, 2.05) is 11.3 Å². The second-order valence-electron chi connectivity index (χ2n) is 5.98. The van der Waals surface area contributed by atoms with Crippen LogP contribution in [-0.2, 0) is 0 Å². The third-order valence-electron chi connectivity index (χ3n) is 4.57. The van der Waals surface area contributed by atoms with Crippen molar-refractivity contribution in [2.24, 2.45) is 5.92 Å². The van der Waals surface area contributed by atoms with Crippen molar-refractivity contribution in [2.45, 2.75) is 32.7 Å². The number of thiazole rings is 1. The van der Waals surface area contributed by atoms with Gasteiger partial charge in [0.05, 0.1) is 16.3 Å². The van der Waals surface area contributed by atoms with Gasteiger partial charge in [0.1, 0.15) is 5.01 Å². The summed E-state index contributed by atoms with van der Waals surface area (Å²) in [5, 5.41) is 4.71. The average Bonchev–Trinajstić information content (AvgIpc) is 2.97. The lowest BCUT2D eigenvalue weighted by molar-refractivity contribution is 0.168. The summed E-state index contributed by atoms with van der Waals surface area (Å²) >= 11 is 1.85. The number of benzene rings is 1. The van der Waals surface area contributed by atoms with Crippen LogP contribution in [0, 0.1) is 5.92 Å². The maximum atomic E-state index is 4.84. The third-order valence-corrected chi connectivity index (χ3v) is 5.78. The summed E-state index contributed by atoms with van der Waals surface area (Å²) in [5.41, 5.74) is 1.14. The average molecular weight is 303 g/mol. The van der Waals surface area contributed by atoms with Gasteiger partial charge in [-0.15, -0.1) is 11.3 Å². The van der Waals surface area contributed by atoms with Crippen molar-refractivity contribution in [3.63, 3.8) is 0 Å². The van der Waals surface area contributed by atoms with E-state index in [0.29, 0.717) is 6.04 Å². The summed E-state index contributed by atoms with van der Waals surface area (Å²) in [4.78, 5) is 7.43. The van der Waals surface area contributed by atoms with Gasteiger partial charge < -0.3 is 5.32 Å². The Morgan fingerprint density at radius 1 is 1.33 bits per heavy atom. The maximum Gasteiger partial charge on any atom is 0.111 e. The lowest BCUT2D eigenvalue weighted by Gasteiger charge is -2.32. The van der Waals surface area contributed by atoms with Crippen molar-refractivity contribution in [3.8, 4) is 0 Å². The van der Waals surface area contributed by atoms with Gasteiger partial charge in [-0.05, 0) is 57.5 Å². The number of aromatic nitrogens is 1. The Labute approximate surface area is 131 Å². The monoisotopic (exact) mass is 303 g/mol.